The van der Waals surface area contributed by atoms with Crippen molar-refractivity contribution in [3.63, 3.8) is 0 Å². The van der Waals surface area contributed by atoms with Crippen LogP contribution in [0.1, 0.15) is 196 Å². The molecule has 3 atom stereocenters. The smallest absolute Gasteiger partial charge is 0.272 e. The van der Waals surface area contributed by atoms with E-state index in [-0.39, 0.29) is 68.1 Å². The molecule has 0 spiro atoms. The highest BCUT2D eigenvalue weighted by molar-refractivity contribution is 6.90. The van der Waals surface area contributed by atoms with E-state index in [9.17, 15) is 0 Å². The first-order valence-corrected chi connectivity index (χ1v) is 26.6. The van der Waals surface area contributed by atoms with Crippen LogP contribution >= 0.6 is 0 Å². The quantitative estimate of drug-likeness (QED) is 0.239. The molecule has 0 bridgehead atoms. The number of allylic oxidation sites excluding steroid dienone is 5. The summed E-state index contributed by atoms with van der Waals surface area (Å²) in [5.41, 5.74) is 22.0. The molecule has 3 aliphatic heterocycles. The number of hydrogen-bond acceptors (Lipinski definition) is 4. The van der Waals surface area contributed by atoms with E-state index in [1.165, 1.54) is 112 Å². The van der Waals surface area contributed by atoms with Crippen molar-refractivity contribution in [3.8, 4) is 0 Å². The van der Waals surface area contributed by atoms with Crippen LogP contribution in [0.2, 0.25) is 5.82 Å². The van der Waals surface area contributed by atoms with Crippen molar-refractivity contribution in [2.45, 2.75) is 216 Å². The Kier molecular flexibility index (Phi) is 9.33. The number of benzene rings is 2. The van der Waals surface area contributed by atoms with Crippen molar-refractivity contribution in [2.75, 3.05) is 16.8 Å². The van der Waals surface area contributed by atoms with Gasteiger partial charge in [0, 0.05) is 46.2 Å². The lowest BCUT2D eigenvalue weighted by Crippen LogP contribution is -2.64. The third-order valence-corrected chi connectivity index (χ3v) is 20.0. The van der Waals surface area contributed by atoms with Crippen LogP contribution in [-0.4, -0.2) is 30.9 Å². The Bertz CT molecular complexity index is 2790. The highest BCUT2D eigenvalue weighted by Crippen LogP contribution is 2.61. The van der Waals surface area contributed by atoms with Crippen LogP contribution in [0.4, 0.5) is 22.7 Å². The fourth-order valence-corrected chi connectivity index (χ4v) is 15.3. The Balaban J connectivity index is 1.25. The van der Waals surface area contributed by atoms with Gasteiger partial charge in [-0.3, -0.25) is 0 Å². The van der Waals surface area contributed by atoms with Crippen molar-refractivity contribution in [1.82, 2.24) is 4.90 Å². The van der Waals surface area contributed by atoms with E-state index in [1.807, 2.05) is 0 Å². The molecule has 1 saturated carbocycles. The third-order valence-electron chi connectivity index (χ3n) is 20.0. The summed E-state index contributed by atoms with van der Waals surface area (Å²) in [6.07, 6.45) is 20.2. The first-order chi connectivity index (χ1) is 30.9. The van der Waals surface area contributed by atoms with Gasteiger partial charge in [-0.05, 0) is 172 Å². The molecule has 5 aliphatic carbocycles. The second kappa shape index (κ2) is 13.7. The van der Waals surface area contributed by atoms with Crippen molar-refractivity contribution >= 4 is 40.6 Å². The fourth-order valence-electron chi connectivity index (χ4n) is 15.3. The summed E-state index contributed by atoms with van der Waals surface area (Å²) in [5.74, 6) is 1.40. The van der Waals surface area contributed by atoms with Crippen LogP contribution < -0.4 is 20.9 Å². The first kappa shape index (κ1) is 45.6. The zero-order chi connectivity index (χ0) is 48.3. The second-order valence-electron chi connectivity index (χ2n) is 28.6. The topological polar surface area (TPSA) is 22.9 Å². The molecular weight excluding hydrogens is 814 g/mol. The lowest BCUT2D eigenvalue weighted by Gasteiger charge is -2.56. The number of anilines is 4. The third kappa shape index (κ3) is 6.28. The molecule has 2 aromatic carbocycles. The minimum absolute atomic E-state index is 0.0194. The van der Waals surface area contributed by atoms with Gasteiger partial charge >= 0.3 is 0 Å². The van der Waals surface area contributed by atoms with E-state index in [1.54, 1.807) is 16.7 Å². The van der Waals surface area contributed by atoms with Crippen LogP contribution in [0.5, 0.6) is 0 Å². The van der Waals surface area contributed by atoms with Crippen molar-refractivity contribution < 1.29 is 4.42 Å². The Morgan fingerprint density at radius 3 is 1.72 bits per heavy atom. The maximum atomic E-state index is 7.90. The molecule has 356 valence electrons. The summed E-state index contributed by atoms with van der Waals surface area (Å²) in [6.45, 7) is 44.7. The first-order valence-electron chi connectivity index (χ1n) is 26.6. The van der Waals surface area contributed by atoms with E-state index >= 15 is 0 Å². The molecule has 0 radical (unpaired) electrons. The van der Waals surface area contributed by atoms with Crippen LogP contribution in [0.25, 0.3) is 0 Å². The van der Waals surface area contributed by atoms with Crippen molar-refractivity contribution in [2.24, 2.45) is 21.7 Å². The zero-order valence-corrected chi connectivity index (χ0v) is 45.3. The maximum Gasteiger partial charge on any atom is 0.272 e. The lowest BCUT2D eigenvalue weighted by atomic mass is 9.30. The van der Waals surface area contributed by atoms with Gasteiger partial charge in [0.15, 0.2) is 0 Å². The van der Waals surface area contributed by atoms with Gasteiger partial charge in [-0.15, -0.1) is 0 Å². The summed E-state index contributed by atoms with van der Waals surface area (Å²) >= 11 is 0. The highest BCUT2D eigenvalue weighted by atomic mass is 16.3. The van der Waals surface area contributed by atoms with Crippen LogP contribution in [0.15, 0.2) is 75.4 Å². The summed E-state index contributed by atoms with van der Waals surface area (Å²) in [4.78, 5) is 8.38. The van der Waals surface area contributed by atoms with E-state index in [4.69, 9.17) is 4.42 Å². The second-order valence-corrected chi connectivity index (χ2v) is 28.6. The lowest BCUT2D eigenvalue weighted by molar-refractivity contribution is 0.180. The molecule has 1 fully saturated rings. The molecule has 0 saturated heterocycles. The van der Waals surface area contributed by atoms with E-state index in [0.717, 1.165) is 12.8 Å². The molecule has 1 aromatic heterocycles. The summed E-state index contributed by atoms with van der Waals surface area (Å²) in [6, 6.07) is 10.5. The van der Waals surface area contributed by atoms with Gasteiger partial charge < -0.3 is 19.1 Å². The van der Waals surface area contributed by atoms with Gasteiger partial charge in [0.2, 0.25) is 0 Å². The molecule has 3 unspecified atom stereocenters. The average Bonchev–Trinajstić information content (AvgIpc) is 3.65. The van der Waals surface area contributed by atoms with Crippen molar-refractivity contribution in [1.29, 1.82) is 0 Å². The predicted octanol–water partition coefficient (Wildman–Crippen LogP) is 15.2. The summed E-state index contributed by atoms with van der Waals surface area (Å²) in [5, 5.41) is 0. The van der Waals surface area contributed by atoms with Crippen LogP contribution in [0.3, 0.4) is 0 Å². The Labute approximate surface area is 406 Å². The summed E-state index contributed by atoms with van der Waals surface area (Å²) < 4.78 is 7.90. The Hall–Kier alpha value is -3.86. The maximum absolute atomic E-state index is 7.90. The minimum atomic E-state index is -0.0768. The largest absolute Gasteiger partial charge is 0.473 e. The van der Waals surface area contributed by atoms with E-state index < -0.39 is 0 Å². The number of likely N-dealkylation sites (N-methyl/N-ethyl adjacent to an activating group) is 1. The molecule has 0 N–H and O–H groups in total. The van der Waals surface area contributed by atoms with Crippen LogP contribution in [-0.2, 0) is 21.7 Å². The number of aryl methyl sites for hydroxylation is 2. The molecule has 67 heavy (non-hydrogen) atoms. The Morgan fingerprint density at radius 2 is 1.07 bits per heavy atom. The number of rotatable bonds is 2. The molecule has 4 nitrogen and oxygen atoms in total. The molecule has 3 aromatic rings. The highest BCUT2D eigenvalue weighted by Gasteiger charge is 2.58. The van der Waals surface area contributed by atoms with Gasteiger partial charge in [-0.2, -0.15) is 0 Å². The summed E-state index contributed by atoms with van der Waals surface area (Å²) in [7, 11) is 2.41. The zero-order valence-electron chi connectivity index (χ0n) is 45.3. The molecule has 0 amide bonds. The molecule has 5 heteroatoms. The average molecular weight is 898 g/mol. The molecule has 11 rings (SSSR count). The number of fused-ring (bicyclic) bond motifs is 8. The Morgan fingerprint density at radius 1 is 0.552 bits per heavy atom. The molecular formula is C62H84BN3O. The van der Waals surface area contributed by atoms with E-state index in [0.29, 0.717) is 0 Å². The van der Waals surface area contributed by atoms with E-state index in [2.05, 4.69) is 195 Å². The van der Waals surface area contributed by atoms with Gasteiger partial charge in [0.1, 0.15) is 11.9 Å². The predicted molar refractivity (Wildman–Crippen MR) is 286 cm³/mol. The van der Waals surface area contributed by atoms with Gasteiger partial charge in [-0.1, -0.05) is 135 Å². The normalized spacial score (nSPS) is 29.1. The minimum Gasteiger partial charge on any atom is -0.473 e. The molecule has 8 aliphatic rings. The number of hydrogen-bond donors (Lipinski definition) is 0. The van der Waals surface area contributed by atoms with Gasteiger partial charge in [-0.25, -0.2) is 0 Å². The van der Waals surface area contributed by atoms with Crippen molar-refractivity contribution in [3.05, 3.63) is 105 Å². The molecule has 4 heterocycles. The number of nitrogens with zero attached hydrogens (tertiary/aromatic N) is 3. The fraction of sp³-hybridized carbons (Fsp3) is 0.613. The monoisotopic (exact) mass is 898 g/mol. The van der Waals surface area contributed by atoms with Gasteiger partial charge in [0.05, 0.1) is 17.4 Å². The number of furan rings is 1. The SMILES string of the molecule is Cc1cc2c3c(c1)N(C1C=CC4=C(N1C)C(C)(C)CCC4(C)C)c1c(oc4c1C(C)(C)CCC4(C)C)B3C1C=C3C(=CC1N2c1cc2c(cc1C)C(C)(C)CCC2(C)C)C(C)(C)CCC3(C)C. The van der Waals surface area contributed by atoms with Crippen LogP contribution in [0, 0.1) is 35.5 Å². The standard InChI is InChI=1S/C62H84BN3O/c1-36-30-46-50-47(31-36)66(48-21-20-38-52(64(48)19)61(15,16)28-26-55(38,3)4)51-49-53(62(17,18)29-27-60(49,13)14)67-54(51)63(50)43-33-40-42(59(11,12)25-23-57(40,7)8)35-45(43)65(46)44-34-41-39(32-37(44)2)56(5,6)22-24-58(41,9)10/h20-21,30-35,43,45,48H,22-29H2,1-19H3. The van der Waals surface area contributed by atoms with Gasteiger partial charge in [0.25, 0.3) is 6.71 Å².